The number of imide groups is 1. The Bertz CT molecular complexity index is 484. The highest BCUT2D eigenvalue weighted by Crippen LogP contribution is 2.18. The number of amides is 2. The van der Waals surface area contributed by atoms with Crippen molar-refractivity contribution in [2.75, 3.05) is 0 Å². The Labute approximate surface area is 134 Å². The third-order valence-electron chi connectivity index (χ3n) is 2.64. The van der Waals surface area contributed by atoms with E-state index in [0.717, 1.165) is 3.53 Å². The van der Waals surface area contributed by atoms with Crippen LogP contribution in [0.2, 0.25) is 0 Å². The van der Waals surface area contributed by atoms with Crippen LogP contribution in [-0.2, 0) is 0 Å². The Morgan fingerprint density at radius 2 is 1.80 bits per heavy atom. The molecule has 1 aromatic carbocycles. The summed E-state index contributed by atoms with van der Waals surface area (Å²) >= 11 is 10.5. The van der Waals surface area contributed by atoms with E-state index in [2.05, 4.69) is 31.8 Å². The van der Waals surface area contributed by atoms with Crippen LogP contribution in [0.4, 0.5) is 0 Å². The molecule has 20 heavy (non-hydrogen) atoms. The van der Waals surface area contributed by atoms with Crippen LogP contribution in [0.5, 0.6) is 0 Å². The van der Waals surface area contributed by atoms with E-state index in [1.54, 1.807) is 36.0 Å². The zero-order valence-electron chi connectivity index (χ0n) is 11.4. The third-order valence-corrected chi connectivity index (χ3v) is 4.09. The maximum absolute atomic E-state index is 10.9. The summed E-state index contributed by atoms with van der Waals surface area (Å²) in [6.07, 6.45) is 2.45. The lowest BCUT2D eigenvalue weighted by Gasteiger charge is -2.05. The highest BCUT2D eigenvalue weighted by Gasteiger charge is 2.25. The summed E-state index contributed by atoms with van der Waals surface area (Å²) in [6, 6.07) is 6.74. The van der Waals surface area contributed by atoms with Gasteiger partial charge in [-0.15, -0.1) is 24.4 Å². The van der Waals surface area contributed by atoms with Crippen molar-refractivity contribution in [3.63, 3.8) is 0 Å². The lowest BCUT2D eigenvalue weighted by Crippen LogP contribution is -2.19. The molecule has 1 aliphatic heterocycles. The largest absolute Gasteiger partial charge is 0.288 e. The maximum atomic E-state index is 10.9. The fourth-order valence-electron chi connectivity index (χ4n) is 1.75. The van der Waals surface area contributed by atoms with Crippen molar-refractivity contribution in [3.8, 4) is 0 Å². The molecule has 1 atom stereocenters. The fourth-order valence-corrected chi connectivity index (χ4v) is 3.48. The minimum absolute atomic E-state index is 0.300. The number of carbonyl (C=O) groups is 2. The van der Waals surface area contributed by atoms with E-state index in [0.29, 0.717) is 16.4 Å². The van der Waals surface area contributed by atoms with Gasteiger partial charge >= 0.3 is 0 Å². The quantitative estimate of drug-likeness (QED) is 0.505. The first kappa shape index (κ1) is 17.2. The third kappa shape index (κ3) is 5.26. The minimum Gasteiger partial charge on any atom is -0.288 e. The molecule has 0 aromatic heterocycles. The predicted molar refractivity (Wildman–Crippen MR) is 91.8 cm³/mol. The summed E-state index contributed by atoms with van der Waals surface area (Å²) < 4.78 is 0.760. The molecule has 0 saturated carbocycles. The predicted octanol–water partition coefficient (Wildman–Crippen LogP) is 3.69. The fraction of sp³-hybridized carbons (Fsp3) is 0.357. The van der Waals surface area contributed by atoms with E-state index in [9.17, 15) is 9.59 Å². The van der Waals surface area contributed by atoms with Gasteiger partial charge in [-0.05, 0) is 18.6 Å². The Hall–Kier alpha value is -0.850. The van der Waals surface area contributed by atoms with Crippen LogP contribution in [0, 0.1) is 0 Å². The number of thioether (sulfide) groups is 1. The lowest BCUT2D eigenvalue weighted by molar-refractivity contribution is 0.0879. The van der Waals surface area contributed by atoms with Gasteiger partial charge in [0.1, 0.15) is 3.53 Å². The second-order valence-corrected chi connectivity index (χ2v) is 7.48. The lowest BCUT2D eigenvalue weighted by atomic mass is 10.1. The second kappa shape index (κ2) is 8.44. The number of thiocarbonyl (C=S) groups is 1. The van der Waals surface area contributed by atoms with Crippen LogP contribution in [0.1, 0.15) is 47.4 Å². The molecule has 2 rings (SSSR count). The Balaban J connectivity index is 0.000000206. The first-order chi connectivity index (χ1) is 9.45. The number of fused-ring (bicyclic) bond motifs is 1. The molecule has 2 amide bonds. The average Bonchev–Trinajstić information content (AvgIpc) is 2.66. The van der Waals surface area contributed by atoms with Gasteiger partial charge in [-0.2, -0.15) is 0 Å². The van der Waals surface area contributed by atoms with E-state index < -0.39 is 0 Å². The summed E-state index contributed by atoms with van der Waals surface area (Å²) in [4.78, 5) is 21.9. The first-order valence-electron chi connectivity index (χ1n) is 6.30. The van der Waals surface area contributed by atoms with Gasteiger partial charge in [0, 0.05) is 5.25 Å². The number of carbonyl (C=O) groups excluding carboxylic acids is 2. The van der Waals surface area contributed by atoms with Crippen molar-refractivity contribution in [2.24, 2.45) is 0 Å². The SMILES string of the molecule is CCCC(C)SC(=S)S.O=C1NC(=O)c2ccccc21. The topological polar surface area (TPSA) is 46.2 Å². The zero-order chi connectivity index (χ0) is 15.1. The minimum atomic E-state index is -0.300. The molecule has 1 unspecified atom stereocenters. The van der Waals surface area contributed by atoms with E-state index in [-0.39, 0.29) is 11.8 Å². The molecular formula is C14H17NO2S3. The summed E-state index contributed by atoms with van der Waals surface area (Å²) in [5, 5.41) is 2.84. The van der Waals surface area contributed by atoms with E-state index in [1.807, 2.05) is 0 Å². The Morgan fingerprint density at radius 3 is 2.20 bits per heavy atom. The van der Waals surface area contributed by atoms with Crippen LogP contribution in [0.15, 0.2) is 24.3 Å². The van der Waals surface area contributed by atoms with Crippen LogP contribution in [0.3, 0.4) is 0 Å². The Kier molecular flexibility index (Phi) is 7.26. The normalized spacial score (nSPS) is 13.9. The molecule has 0 radical (unpaired) electrons. The van der Waals surface area contributed by atoms with Gasteiger partial charge in [0.05, 0.1) is 11.1 Å². The number of hydrogen-bond acceptors (Lipinski definition) is 4. The molecule has 0 fully saturated rings. The van der Waals surface area contributed by atoms with Crippen molar-refractivity contribution >= 4 is 52.0 Å². The van der Waals surface area contributed by atoms with Crippen molar-refractivity contribution < 1.29 is 9.59 Å². The van der Waals surface area contributed by atoms with Crippen LogP contribution in [-0.4, -0.2) is 20.6 Å². The Morgan fingerprint density at radius 1 is 1.30 bits per heavy atom. The van der Waals surface area contributed by atoms with Crippen molar-refractivity contribution in [3.05, 3.63) is 35.4 Å². The average molecular weight is 327 g/mol. The van der Waals surface area contributed by atoms with Crippen molar-refractivity contribution in [1.82, 2.24) is 5.32 Å². The molecule has 0 spiro atoms. The molecule has 6 heteroatoms. The summed E-state index contributed by atoms with van der Waals surface area (Å²) in [5.41, 5.74) is 0.940. The number of rotatable bonds is 3. The molecule has 3 nitrogen and oxygen atoms in total. The molecule has 1 heterocycles. The zero-order valence-corrected chi connectivity index (χ0v) is 13.9. The monoisotopic (exact) mass is 327 g/mol. The summed E-state index contributed by atoms with van der Waals surface area (Å²) in [7, 11) is 0. The van der Waals surface area contributed by atoms with Crippen LogP contribution >= 0.6 is 36.6 Å². The highest BCUT2D eigenvalue weighted by molar-refractivity contribution is 8.41. The van der Waals surface area contributed by atoms with Gasteiger partial charge in [-0.25, -0.2) is 0 Å². The molecule has 0 bridgehead atoms. The maximum Gasteiger partial charge on any atom is 0.258 e. The highest BCUT2D eigenvalue weighted by atomic mass is 32.2. The molecule has 1 aliphatic rings. The van der Waals surface area contributed by atoms with Crippen LogP contribution in [0.25, 0.3) is 0 Å². The molecular weight excluding hydrogens is 310 g/mol. The van der Waals surface area contributed by atoms with E-state index >= 15 is 0 Å². The second-order valence-electron chi connectivity index (χ2n) is 4.31. The van der Waals surface area contributed by atoms with Crippen LogP contribution < -0.4 is 5.32 Å². The molecule has 1 aromatic rings. The van der Waals surface area contributed by atoms with Gasteiger partial charge < -0.3 is 0 Å². The molecule has 0 aliphatic carbocycles. The first-order valence-corrected chi connectivity index (χ1v) is 8.03. The van der Waals surface area contributed by atoms with E-state index in [1.165, 1.54) is 12.8 Å². The van der Waals surface area contributed by atoms with Crippen molar-refractivity contribution in [2.45, 2.75) is 31.9 Å². The molecule has 108 valence electrons. The number of benzene rings is 1. The van der Waals surface area contributed by atoms with Gasteiger partial charge in [-0.1, -0.05) is 44.6 Å². The molecule has 1 N–H and O–H groups in total. The van der Waals surface area contributed by atoms with E-state index in [4.69, 9.17) is 12.2 Å². The van der Waals surface area contributed by atoms with Crippen molar-refractivity contribution in [1.29, 1.82) is 0 Å². The summed E-state index contributed by atoms with van der Waals surface area (Å²) in [6.45, 7) is 4.36. The molecule has 0 saturated heterocycles. The standard InChI is InChI=1S/C8H5NO2.C6H12S3/c10-7-5-3-1-2-4-6(5)8(11)9-7;1-3-4-5(2)9-6(7)8/h1-4H,(H,9,10,11);5H,3-4H2,1-2H3,(H,7,8). The number of nitrogens with one attached hydrogen (secondary N) is 1. The van der Waals surface area contributed by atoms with Gasteiger partial charge in [0.2, 0.25) is 0 Å². The van der Waals surface area contributed by atoms with Gasteiger partial charge in [0.15, 0.2) is 0 Å². The summed E-state index contributed by atoms with van der Waals surface area (Å²) in [5.74, 6) is -0.601. The smallest absolute Gasteiger partial charge is 0.258 e. The van der Waals surface area contributed by atoms with Gasteiger partial charge in [-0.3, -0.25) is 14.9 Å². The van der Waals surface area contributed by atoms with Gasteiger partial charge in [0.25, 0.3) is 11.8 Å². The number of hydrogen-bond donors (Lipinski definition) is 2. The number of thiol groups is 1.